The Balaban J connectivity index is 1.79. The van der Waals surface area contributed by atoms with Crippen molar-refractivity contribution in [1.82, 2.24) is 14.6 Å². The minimum atomic E-state index is -4.21. The first kappa shape index (κ1) is 28.1. The van der Waals surface area contributed by atoms with Crippen LogP contribution in [0.15, 0.2) is 47.4 Å². The summed E-state index contributed by atoms with van der Waals surface area (Å²) in [6, 6.07) is 8.53. The van der Waals surface area contributed by atoms with Crippen molar-refractivity contribution in [3.05, 3.63) is 53.1 Å². The summed E-state index contributed by atoms with van der Waals surface area (Å²) in [5, 5.41) is 13.4. The number of benzene rings is 1. The average molecular weight is 545 g/mol. The Morgan fingerprint density at radius 1 is 1.33 bits per heavy atom. The molecule has 6 atom stereocenters. The number of carbonyl (C=O) groups is 1. The molecule has 198 valence electrons. The lowest BCUT2D eigenvalue weighted by Crippen LogP contribution is -2.42. The van der Waals surface area contributed by atoms with Gasteiger partial charge in [-0.25, -0.2) is 9.36 Å². The molecule has 0 saturated carbocycles. The van der Waals surface area contributed by atoms with Crippen LogP contribution in [-0.4, -0.2) is 56.5 Å². The van der Waals surface area contributed by atoms with Gasteiger partial charge in [0.15, 0.2) is 6.23 Å². The van der Waals surface area contributed by atoms with E-state index >= 15 is 0 Å². The van der Waals surface area contributed by atoms with Crippen molar-refractivity contribution in [2.45, 2.75) is 63.2 Å². The fraction of sp³-hybridized carbons (Fsp3) is 0.500. The fourth-order valence-electron chi connectivity index (χ4n) is 3.46. The van der Waals surface area contributed by atoms with Crippen LogP contribution in [0.2, 0.25) is 0 Å². The molecule has 14 heteroatoms. The van der Waals surface area contributed by atoms with Crippen LogP contribution in [0.3, 0.4) is 0 Å². The third-order valence-electron chi connectivity index (χ3n) is 5.26. The number of hydrogen-bond acceptors (Lipinski definition) is 10. The van der Waals surface area contributed by atoms with Crippen LogP contribution in [0, 0.1) is 0 Å². The predicted octanol–water partition coefficient (Wildman–Crippen LogP) is 2.21. The Bertz CT molecular complexity index is 1160. The van der Waals surface area contributed by atoms with Gasteiger partial charge in [-0.2, -0.15) is 10.1 Å². The molecule has 1 aromatic carbocycles. The lowest BCUT2D eigenvalue weighted by Gasteiger charge is -2.26. The second kappa shape index (κ2) is 11.3. The molecule has 4 N–H and O–H groups in total. The van der Waals surface area contributed by atoms with E-state index in [4.69, 9.17) is 35.9 Å². The number of para-hydroxylation sites is 1. The van der Waals surface area contributed by atoms with Gasteiger partial charge in [-0.3, -0.25) is 13.9 Å². The Morgan fingerprint density at radius 3 is 2.61 bits per heavy atom. The lowest BCUT2D eigenvalue weighted by molar-refractivity contribution is -0.149. The van der Waals surface area contributed by atoms with Gasteiger partial charge >= 0.3 is 19.4 Å². The number of anilines is 1. The molecule has 3 rings (SSSR count). The summed E-state index contributed by atoms with van der Waals surface area (Å²) >= 11 is 6.55. The standard InChI is InChI=1S/C22H30ClN4O8P/c1-13(2)33-19(29)14(3)26-36(31,35-15-8-6-5-7-9-15)32-12-16-18(28)22(4,23)20(34-16)27-11-10-17(24)25-21(27)30/h5-11,13-14,16,18,20,28H,12H2,1-4H3,(H,26,31)(H2,24,25,30). The largest absolute Gasteiger partial charge is 0.462 e. The van der Waals surface area contributed by atoms with Gasteiger partial charge in [-0.15, -0.1) is 11.6 Å². The first-order chi connectivity index (χ1) is 16.8. The summed E-state index contributed by atoms with van der Waals surface area (Å²) in [5.74, 6) is -0.433. The topological polar surface area (TPSA) is 164 Å². The molecular weight excluding hydrogens is 515 g/mol. The van der Waals surface area contributed by atoms with Gasteiger partial charge in [0.25, 0.3) is 0 Å². The number of hydrogen-bond donors (Lipinski definition) is 3. The van der Waals surface area contributed by atoms with Gasteiger partial charge in [0.2, 0.25) is 0 Å². The number of esters is 1. The zero-order chi connectivity index (χ0) is 26.7. The van der Waals surface area contributed by atoms with E-state index in [-0.39, 0.29) is 17.7 Å². The van der Waals surface area contributed by atoms with Gasteiger partial charge < -0.3 is 24.8 Å². The van der Waals surface area contributed by atoms with Crippen LogP contribution in [0.4, 0.5) is 5.82 Å². The van der Waals surface area contributed by atoms with Crippen LogP contribution in [0.5, 0.6) is 5.75 Å². The molecule has 1 aliphatic heterocycles. The Morgan fingerprint density at radius 2 is 2.00 bits per heavy atom. The quantitative estimate of drug-likeness (QED) is 0.228. The molecule has 0 amide bonds. The number of carbonyl (C=O) groups excluding carboxylic acids is 1. The molecule has 6 unspecified atom stereocenters. The minimum absolute atomic E-state index is 0.0149. The number of aliphatic hydroxyl groups excluding tert-OH is 1. The zero-order valence-electron chi connectivity index (χ0n) is 20.2. The second-order valence-corrected chi connectivity index (χ2v) is 11.2. The van der Waals surface area contributed by atoms with E-state index in [0.717, 1.165) is 4.57 Å². The van der Waals surface area contributed by atoms with Gasteiger partial charge in [-0.05, 0) is 45.9 Å². The molecule has 12 nitrogen and oxygen atoms in total. The molecule has 0 spiro atoms. The van der Waals surface area contributed by atoms with Gasteiger partial charge in [0, 0.05) is 6.20 Å². The summed E-state index contributed by atoms with van der Waals surface area (Å²) in [5.41, 5.74) is 4.82. The van der Waals surface area contributed by atoms with E-state index in [1.54, 1.807) is 44.2 Å². The normalized spacial score (nSPS) is 26.4. The second-order valence-electron chi connectivity index (χ2n) is 8.70. The SMILES string of the molecule is CC(C)OC(=O)C(C)NP(=O)(OCC1OC(n2ccc(N)nc2=O)C(C)(Cl)C1O)Oc1ccccc1. The fourth-order valence-corrected chi connectivity index (χ4v) is 5.26. The third-order valence-corrected chi connectivity index (χ3v) is 7.31. The molecule has 1 aromatic heterocycles. The number of nitrogens with zero attached hydrogens (tertiary/aromatic N) is 2. The molecule has 0 aliphatic carbocycles. The first-order valence-corrected chi connectivity index (χ1v) is 13.1. The van der Waals surface area contributed by atoms with E-state index in [9.17, 15) is 19.3 Å². The molecule has 1 saturated heterocycles. The molecular formula is C22H30ClN4O8P. The summed E-state index contributed by atoms with van der Waals surface area (Å²) in [7, 11) is -4.21. The highest BCUT2D eigenvalue weighted by Gasteiger charge is 2.54. The van der Waals surface area contributed by atoms with Crippen molar-refractivity contribution in [1.29, 1.82) is 0 Å². The highest BCUT2D eigenvalue weighted by Crippen LogP contribution is 2.48. The molecule has 2 aromatic rings. The molecule has 0 radical (unpaired) electrons. The van der Waals surface area contributed by atoms with Crippen molar-refractivity contribution >= 4 is 31.1 Å². The number of alkyl halides is 1. The smallest absolute Gasteiger partial charge is 0.459 e. The summed E-state index contributed by atoms with van der Waals surface area (Å²) in [4.78, 5) is 26.8. The average Bonchev–Trinajstić information content (AvgIpc) is 3.01. The Hall–Kier alpha value is -2.47. The number of rotatable bonds is 10. The molecule has 1 aliphatic rings. The van der Waals surface area contributed by atoms with Crippen LogP contribution < -0.4 is 21.0 Å². The van der Waals surface area contributed by atoms with Crippen LogP contribution in [-0.2, 0) is 23.4 Å². The molecule has 0 bridgehead atoms. The molecule has 2 heterocycles. The lowest BCUT2D eigenvalue weighted by atomic mass is 10.0. The number of nitrogen functional groups attached to an aromatic ring is 1. The number of nitrogens with two attached hydrogens (primary N) is 1. The van der Waals surface area contributed by atoms with Crippen molar-refractivity contribution < 1.29 is 33.0 Å². The van der Waals surface area contributed by atoms with E-state index in [1.165, 1.54) is 26.1 Å². The van der Waals surface area contributed by atoms with Crippen LogP contribution >= 0.6 is 19.3 Å². The van der Waals surface area contributed by atoms with Crippen LogP contribution in [0.25, 0.3) is 0 Å². The van der Waals surface area contributed by atoms with E-state index in [1.807, 2.05) is 0 Å². The maximum atomic E-state index is 13.6. The summed E-state index contributed by atoms with van der Waals surface area (Å²) in [6.45, 7) is 5.83. The molecule has 36 heavy (non-hydrogen) atoms. The summed E-state index contributed by atoms with van der Waals surface area (Å²) in [6.07, 6.45) is -2.63. The third kappa shape index (κ3) is 6.64. The van der Waals surface area contributed by atoms with Crippen molar-refractivity contribution in [2.24, 2.45) is 0 Å². The number of ether oxygens (including phenoxy) is 2. The highest BCUT2D eigenvalue weighted by molar-refractivity contribution is 7.52. The number of halogens is 1. The van der Waals surface area contributed by atoms with Gasteiger partial charge in [-0.1, -0.05) is 18.2 Å². The maximum absolute atomic E-state index is 13.6. The van der Waals surface area contributed by atoms with Crippen LogP contribution in [0.1, 0.15) is 33.9 Å². The first-order valence-electron chi connectivity index (χ1n) is 11.2. The Kier molecular flexibility index (Phi) is 8.81. The van der Waals surface area contributed by atoms with Gasteiger partial charge in [0.05, 0.1) is 12.7 Å². The number of aliphatic hydroxyl groups is 1. The highest BCUT2D eigenvalue weighted by atomic mass is 35.5. The Labute approximate surface area is 213 Å². The number of aromatic nitrogens is 2. The van der Waals surface area contributed by atoms with E-state index in [0.29, 0.717) is 0 Å². The maximum Gasteiger partial charge on any atom is 0.459 e. The van der Waals surface area contributed by atoms with Crippen molar-refractivity contribution in [3.8, 4) is 5.75 Å². The van der Waals surface area contributed by atoms with Crippen molar-refractivity contribution in [2.75, 3.05) is 12.3 Å². The number of nitrogens with one attached hydrogen (secondary N) is 1. The van der Waals surface area contributed by atoms with Crippen molar-refractivity contribution in [3.63, 3.8) is 0 Å². The molecule has 1 fully saturated rings. The van der Waals surface area contributed by atoms with E-state index in [2.05, 4.69) is 10.1 Å². The van der Waals surface area contributed by atoms with E-state index < -0.39 is 55.4 Å². The van der Waals surface area contributed by atoms with Gasteiger partial charge in [0.1, 0.15) is 34.7 Å². The zero-order valence-corrected chi connectivity index (χ0v) is 21.9. The summed E-state index contributed by atoms with van der Waals surface area (Å²) < 4.78 is 36.9. The monoisotopic (exact) mass is 544 g/mol. The minimum Gasteiger partial charge on any atom is -0.462 e. The predicted molar refractivity (Wildman–Crippen MR) is 132 cm³/mol.